The molecule has 0 spiro atoms. The van der Waals surface area contributed by atoms with Crippen LogP contribution in [0, 0.1) is 23.7 Å². The average molecular weight is 274 g/mol. The predicted molar refractivity (Wildman–Crippen MR) is 78.4 cm³/mol. The third-order valence-corrected chi connectivity index (χ3v) is 5.96. The van der Waals surface area contributed by atoms with Gasteiger partial charge in [-0.25, -0.2) is 4.98 Å². The van der Waals surface area contributed by atoms with Crippen molar-refractivity contribution in [2.75, 3.05) is 13.6 Å². The van der Waals surface area contributed by atoms with Crippen molar-refractivity contribution < 1.29 is 0 Å². The predicted octanol–water partition coefficient (Wildman–Crippen LogP) is 2.12. The first-order valence-electron chi connectivity index (χ1n) is 8.29. The Labute approximate surface area is 121 Å². The molecular formula is C16H26N4. The van der Waals surface area contributed by atoms with E-state index in [-0.39, 0.29) is 0 Å². The van der Waals surface area contributed by atoms with Gasteiger partial charge >= 0.3 is 0 Å². The number of aryl methyl sites for hydroxylation is 1. The molecule has 110 valence electrons. The molecule has 4 bridgehead atoms. The van der Waals surface area contributed by atoms with Crippen LogP contribution in [0.15, 0.2) is 0 Å². The second kappa shape index (κ2) is 4.83. The van der Waals surface area contributed by atoms with Crippen molar-refractivity contribution in [2.24, 2.45) is 30.7 Å². The lowest BCUT2D eigenvalue weighted by molar-refractivity contribution is -0.00678. The van der Waals surface area contributed by atoms with Crippen molar-refractivity contribution in [1.82, 2.24) is 20.1 Å². The van der Waals surface area contributed by atoms with Crippen molar-refractivity contribution in [3.05, 3.63) is 11.6 Å². The van der Waals surface area contributed by atoms with Gasteiger partial charge in [-0.2, -0.15) is 5.10 Å². The van der Waals surface area contributed by atoms with E-state index < -0.39 is 0 Å². The van der Waals surface area contributed by atoms with Gasteiger partial charge in [0, 0.05) is 25.9 Å². The number of rotatable bonds is 4. The van der Waals surface area contributed by atoms with E-state index in [0.29, 0.717) is 5.92 Å². The van der Waals surface area contributed by atoms with Gasteiger partial charge in [0.2, 0.25) is 0 Å². The Hall–Kier alpha value is -0.900. The Bertz CT molecular complexity index is 465. The molecule has 20 heavy (non-hydrogen) atoms. The highest BCUT2D eigenvalue weighted by molar-refractivity contribution is 5.12. The molecule has 1 aromatic heterocycles. The van der Waals surface area contributed by atoms with Gasteiger partial charge in [0.05, 0.1) is 0 Å². The molecule has 4 aliphatic carbocycles. The minimum Gasteiger partial charge on any atom is -0.319 e. The van der Waals surface area contributed by atoms with Crippen molar-refractivity contribution in [1.29, 1.82) is 0 Å². The van der Waals surface area contributed by atoms with Crippen LogP contribution in [-0.2, 0) is 13.5 Å². The summed E-state index contributed by atoms with van der Waals surface area (Å²) in [5, 5.41) is 7.83. The summed E-state index contributed by atoms with van der Waals surface area (Å²) in [6, 6.07) is 0. The molecule has 4 saturated carbocycles. The van der Waals surface area contributed by atoms with Crippen LogP contribution >= 0.6 is 0 Å². The monoisotopic (exact) mass is 274 g/mol. The molecule has 1 N–H and O–H groups in total. The van der Waals surface area contributed by atoms with Crippen LogP contribution in [0.1, 0.15) is 49.7 Å². The van der Waals surface area contributed by atoms with E-state index in [2.05, 4.69) is 22.1 Å². The molecule has 0 radical (unpaired) electrons. The lowest BCUT2D eigenvalue weighted by Crippen LogP contribution is -2.44. The first-order chi connectivity index (χ1) is 9.74. The number of nitrogens with zero attached hydrogens (tertiary/aromatic N) is 3. The smallest absolute Gasteiger partial charge is 0.152 e. The highest BCUT2D eigenvalue weighted by Crippen LogP contribution is 2.59. The van der Waals surface area contributed by atoms with Gasteiger partial charge in [-0.15, -0.1) is 0 Å². The number of hydrogen-bond acceptors (Lipinski definition) is 3. The van der Waals surface area contributed by atoms with Gasteiger partial charge in [-0.1, -0.05) is 0 Å². The summed E-state index contributed by atoms with van der Waals surface area (Å²) in [6.07, 6.45) is 8.28. The molecule has 1 aromatic rings. The molecule has 0 atom stereocenters. The standard InChI is InChI=1S/C16H26N4/c1-17-4-3-14-18-16(20(2)19-14)15-12-6-10-5-11(8-12)9-13(15)7-10/h10-13,15,17H,3-9H2,1-2H3. The van der Waals surface area contributed by atoms with Crippen molar-refractivity contribution in [3.8, 4) is 0 Å². The molecule has 4 nitrogen and oxygen atoms in total. The quantitative estimate of drug-likeness (QED) is 0.914. The van der Waals surface area contributed by atoms with E-state index in [1.54, 1.807) is 0 Å². The Balaban J connectivity index is 1.59. The van der Waals surface area contributed by atoms with E-state index in [4.69, 9.17) is 4.98 Å². The molecule has 0 aromatic carbocycles. The minimum atomic E-state index is 0.698. The number of likely N-dealkylation sites (N-methyl/N-ethyl adjacent to an activating group) is 1. The Morgan fingerprint density at radius 3 is 2.35 bits per heavy atom. The summed E-state index contributed by atoms with van der Waals surface area (Å²) in [5.41, 5.74) is 0. The van der Waals surface area contributed by atoms with Gasteiger partial charge in [-0.3, -0.25) is 4.68 Å². The molecule has 0 aliphatic heterocycles. The third kappa shape index (κ3) is 2.00. The average Bonchev–Trinajstić information content (AvgIpc) is 2.76. The van der Waals surface area contributed by atoms with E-state index in [0.717, 1.165) is 42.5 Å². The SMILES string of the molecule is CNCCc1nc(C2C3CC4CC(C3)CC2C4)n(C)n1. The van der Waals surface area contributed by atoms with Crippen LogP contribution in [-0.4, -0.2) is 28.4 Å². The van der Waals surface area contributed by atoms with Gasteiger partial charge in [0.1, 0.15) is 5.82 Å². The maximum atomic E-state index is 4.91. The lowest BCUT2D eigenvalue weighted by Gasteiger charge is -2.53. The molecule has 4 heteroatoms. The first kappa shape index (κ1) is 12.8. The lowest BCUT2D eigenvalue weighted by atomic mass is 9.51. The molecular weight excluding hydrogens is 248 g/mol. The topological polar surface area (TPSA) is 42.7 Å². The van der Waals surface area contributed by atoms with Crippen LogP contribution in [0.5, 0.6) is 0 Å². The molecule has 0 amide bonds. The van der Waals surface area contributed by atoms with Crippen molar-refractivity contribution in [2.45, 2.75) is 44.4 Å². The van der Waals surface area contributed by atoms with Gasteiger partial charge in [0.15, 0.2) is 5.82 Å². The molecule has 4 fully saturated rings. The fraction of sp³-hybridized carbons (Fsp3) is 0.875. The van der Waals surface area contributed by atoms with Crippen LogP contribution in [0.3, 0.4) is 0 Å². The molecule has 0 saturated heterocycles. The zero-order chi connectivity index (χ0) is 13.7. The second-order valence-corrected chi connectivity index (χ2v) is 7.32. The second-order valence-electron chi connectivity index (χ2n) is 7.32. The van der Waals surface area contributed by atoms with Gasteiger partial charge < -0.3 is 5.32 Å². The van der Waals surface area contributed by atoms with Crippen LogP contribution < -0.4 is 5.32 Å². The summed E-state index contributed by atoms with van der Waals surface area (Å²) < 4.78 is 2.08. The largest absolute Gasteiger partial charge is 0.319 e. The summed E-state index contributed by atoms with van der Waals surface area (Å²) in [6.45, 7) is 0.963. The summed E-state index contributed by atoms with van der Waals surface area (Å²) >= 11 is 0. The Morgan fingerprint density at radius 1 is 1.10 bits per heavy atom. The highest BCUT2D eigenvalue weighted by Gasteiger charge is 2.50. The number of nitrogens with one attached hydrogen (secondary N) is 1. The normalized spacial score (nSPS) is 38.6. The fourth-order valence-corrected chi connectivity index (χ4v) is 5.43. The zero-order valence-electron chi connectivity index (χ0n) is 12.7. The first-order valence-corrected chi connectivity index (χ1v) is 8.29. The highest BCUT2D eigenvalue weighted by atomic mass is 15.3. The van der Waals surface area contributed by atoms with Crippen LogP contribution in [0.25, 0.3) is 0 Å². The summed E-state index contributed by atoms with van der Waals surface area (Å²) in [7, 11) is 4.08. The molecule has 0 unspecified atom stereocenters. The summed E-state index contributed by atoms with van der Waals surface area (Å²) in [5.74, 6) is 6.85. The Kier molecular flexibility index (Phi) is 3.09. The number of hydrogen-bond donors (Lipinski definition) is 1. The molecule has 5 rings (SSSR count). The maximum Gasteiger partial charge on any atom is 0.152 e. The van der Waals surface area contributed by atoms with E-state index >= 15 is 0 Å². The van der Waals surface area contributed by atoms with E-state index in [9.17, 15) is 0 Å². The van der Waals surface area contributed by atoms with Crippen LogP contribution in [0.4, 0.5) is 0 Å². The minimum absolute atomic E-state index is 0.698. The molecule has 4 aliphatic rings. The molecule has 1 heterocycles. The Morgan fingerprint density at radius 2 is 1.75 bits per heavy atom. The van der Waals surface area contributed by atoms with Gasteiger partial charge in [0.25, 0.3) is 0 Å². The van der Waals surface area contributed by atoms with Crippen LogP contribution in [0.2, 0.25) is 0 Å². The maximum absolute atomic E-state index is 4.91. The van der Waals surface area contributed by atoms with Crippen molar-refractivity contribution >= 4 is 0 Å². The summed E-state index contributed by atoms with van der Waals surface area (Å²) in [4.78, 5) is 4.91. The van der Waals surface area contributed by atoms with E-state index in [1.807, 2.05) is 7.05 Å². The number of aromatic nitrogens is 3. The van der Waals surface area contributed by atoms with Gasteiger partial charge in [-0.05, 0) is 62.8 Å². The van der Waals surface area contributed by atoms with Crippen molar-refractivity contribution in [3.63, 3.8) is 0 Å². The van der Waals surface area contributed by atoms with E-state index in [1.165, 1.54) is 37.9 Å². The third-order valence-electron chi connectivity index (χ3n) is 5.96. The zero-order valence-corrected chi connectivity index (χ0v) is 12.7. The fourth-order valence-electron chi connectivity index (χ4n) is 5.43.